The lowest BCUT2D eigenvalue weighted by molar-refractivity contribution is -0.132. The highest BCUT2D eigenvalue weighted by Gasteiger charge is 2.48. The Labute approximate surface area is 191 Å². The minimum Gasteiger partial charge on any atom is -0.507 e. The second-order valence-corrected chi connectivity index (χ2v) is 8.30. The number of aliphatic hydroxyl groups is 1. The molecule has 5 rings (SSSR count). The Bertz CT molecular complexity index is 1420. The van der Waals surface area contributed by atoms with E-state index in [-0.39, 0.29) is 16.5 Å². The summed E-state index contributed by atoms with van der Waals surface area (Å²) < 4.78 is 19.4. The summed E-state index contributed by atoms with van der Waals surface area (Å²) in [6.07, 6.45) is 3.08. The molecule has 1 N–H and O–H groups in total. The lowest BCUT2D eigenvalue weighted by atomic mass is 9.96. The number of carbonyl (C=O) groups excluding carboxylic acids is 2. The van der Waals surface area contributed by atoms with E-state index in [1.54, 1.807) is 36.4 Å². The number of anilines is 1. The number of halogens is 1. The van der Waals surface area contributed by atoms with Crippen LogP contribution in [0, 0.1) is 5.82 Å². The van der Waals surface area contributed by atoms with Gasteiger partial charge in [0.15, 0.2) is 5.13 Å². The van der Waals surface area contributed by atoms with Gasteiger partial charge in [0.2, 0.25) is 0 Å². The minimum atomic E-state index is -0.930. The largest absolute Gasteiger partial charge is 0.507 e. The van der Waals surface area contributed by atoms with Gasteiger partial charge < -0.3 is 9.84 Å². The number of fused-ring (bicyclic) bond motifs is 1. The fourth-order valence-electron chi connectivity index (χ4n) is 3.78. The molecule has 1 aliphatic heterocycles. The Morgan fingerprint density at radius 1 is 1.09 bits per heavy atom. The average Bonchev–Trinajstić information content (AvgIpc) is 3.37. The highest BCUT2D eigenvalue weighted by atomic mass is 32.1. The number of pyridine rings is 1. The Balaban J connectivity index is 1.70. The van der Waals surface area contributed by atoms with E-state index in [0.29, 0.717) is 27.1 Å². The van der Waals surface area contributed by atoms with Gasteiger partial charge in [0.1, 0.15) is 17.3 Å². The van der Waals surface area contributed by atoms with Crippen molar-refractivity contribution < 1.29 is 23.8 Å². The number of amides is 1. The van der Waals surface area contributed by atoms with Crippen molar-refractivity contribution >= 4 is 44.1 Å². The van der Waals surface area contributed by atoms with E-state index in [4.69, 9.17) is 4.74 Å². The van der Waals surface area contributed by atoms with Crippen LogP contribution in [-0.2, 0) is 9.59 Å². The van der Waals surface area contributed by atoms with Gasteiger partial charge in [-0.05, 0) is 60.2 Å². The number of aliphatic hydroxyl groups excluding tert-OH is 1. The minimum absolute atomic E-state index is 0.0678. The van der Waals surface area contributed by atoms with Gasteiger partial charge >= 0.3 is 5.91 Å². The first-order chi connectivity index (χ1) is 16.0. The summed E-state index contributed by atoms with van der Waals surface area (Å²) in [5.41, 5.74) is 1.37. The zero-order valence-electron chi connectivity index (χ0n) is 17.2. The van der Waals surface area contributed by atoms with Gasteiger partial charge in [0, 0.05) is 18.0 Å². The van der Waals surface area contributed by atoms with Crippen LogP contribution in [0.3, 0.4) is 0 Å². The summed E-state index contributed by atoms with van der Waals surface area (Å²) in [6, 6.07) is 13.0. The van der Waals surface area contributed by atoms with Gasteiger partial charge in [0.25, 0.3) is 5.78 Å². The van der Waals surface area contributed by atoms with Crippen LogP contribution in [-0.4, -0.2) is 33.9 Å². The third-order valence-electron chi connectivity index (χ3n) is 5.37. The predicted octanol–water partition coefficient (Wildman–Crippen LogP) is 4.47. The van der Waals surface area contributed by atoms with Crippen LogP contribution in [0.15, 0.2) is 72.6 Å². The molecule has 33 heavy (non-hydrogen) atoms. The molecule has 2 aromatic carbocycles. The number of ether oxygens (including phenoxy) is 1. The number of hydrogen-bond acceptors (Lipinski definition) is 7. The van der Waals surface area contributed by atoms with E-state index in [2.05, 4.69) is 9.97 Å². The van der Waals surface area contributed by atoms with Crippen LogP contribution in [0.2, 0.25) is 0 Å². The van der Waals surface area contributed by atoms with E-state index in [1.165, 1.54) is 42.6 Å². The molecule has 1 atom stereocenters. The maximum atomic E-state index is 13.7. The fourth-order valence-corrected chi connectivity index (χ4v) is 4.80. The topological polar surface area (TPSA) is 92.6 Å². The standard InChI is InChI=1S/C24H16FN3O4S/c1-32-16-5-2-14(3-6-16)21(29)19-20(13-8-10-26-11-9-13)28(23(31)22(19)30)24-27-17-7-4-15(25)12-18(17)33-24/h2-12,20,29H,1H3/b21-19+. The number of rotatable bonds is 4. The molecule has 0 aliphatic carbocycles. The maximum absolute atomic E-state index is 13.7. The van der Waals surface area contributed by atoms with E-state index >= 15 is 0 Å². The van der Waals surface area contributed by atoms with Gasteiger partial charge in [-0.15, -0.1) is 0 Å². The van der Waals surface area contributed by atoms with Crippen LogP contribution in [0.4, 0.5) is 9.52 Å². The SMILES string of the molecule is COc1ccc(/C(O)=C2\C(=O)C(=O)N(c3nc4ccc(F)cc4s3)C2c2ccncc2)cc1. The molecule has 0 saturated carbocycles. The molecule has 0 spiro atoms. The summed E-state index contributed by atoms with van der Waals surface area (Å²) in [4.78, 5) is 36.0. The molecule has 4 aromatic rings. The van der Waals surface area contributed by atoms with E-state index < -0.39 is 23.5 Å². The van der Waals surface area contributed by atoms with Gasteiger partial charge in [-0.3, -0.25) is 19.5 Å². The zero-order valence-corrected chi connectivity index (χ0v) is 18.0. The number of methoxy groups -OCH3 is 1. The number of nitrogens with zero attached hydrogens (tertiary/aromatic N) is 3. The van der Waals surface area contributed by atoms with Crippen LogP contribution in [0.25, 0.3) is 16.0 Å². The van der Waals surface area contributed by atoms with E-state index in [9.17, 15) is 19.1 Å². The van der Waals surface area contributed by atoms with Gasteiger partial charge in [-0.25, -0.2) is 9.37 Å². The molecular weight excluding hydrogens is 445 g/mol. The predicted molar refractivity (Wildman–Crippen MR) is 122 cm³/mol. The number of Topliss-reactive ketones (excluding diaryl/α,β-unsaturated/α-hetero) is 1. The molecule has 2 aromatic heterocycles. The Hall–Kier alpha value is -4.11. The first-order valence-corrected chi connectivity index (χ1v) is 10.7. The second-order valence-electron chi connectivity index (χ2n) is 7.29. The monoisotopic (exact) mass is 461 g/mol. The number of benzene rings is 2. The number of thiazole rings is 1. The van der Waals surface area contributed by atoms with Crippen molar-refractivity contribution in [1.82, 2.24) is 9.97 Å². The number of hydrogen-bond donors (Lipinski definition) is 1. The molecule has 1 saturated heterocycles. The number of aromatic nitrogens is 2. The van der Waals surface area contributed by atoms with Gasteiger partial charge in [0.05, 0.1) is 28.9 Å². The molecular formula is C24H16FN3O4S. The van der Waals surface area contributed by atoms with Crippen molar-refractivity contribution in [2.24, 2.45) is 0 Å². The molecule has 0 bridgehead atoms. The van der Waals surface area contributed by atoms with Crippen molar-refractivity contribution in [3.8, 4) is 5.75 Å². The molecule has 1 unspecified atom stereocenters. The highest BCUT2D eigenvalue weighted by Crippen LogP contribution is 2.44. The molecule has 3 heterocycles. The lowest BCUT2D eigenvalue weighted by Gasteiger charge is -2.22. The zero-order chi connectivity index (χ0) is 23.1. The van der Waals surface area contributed by atoms with Crippen molar-refractivity contribution in [3.05, 3.63) is 89.5 Å². The van der Waals surface area contributed by atoms with Crippen molar-refractivity contribution in [2.75, 3.05) is 12.0 Å². The van der Waals surface area contributed by atoms with Crippen LogP contribution in [0.5, 0.6) is 5.75 Å². The molecule has 1 fully saturated rings. The van der Waals surface area contributed by atoms with E-state index in [0.717, 1.165) is 11.3 Å². The smallest absolute Gasteiger partial charge is 0.301 e. The molecule has 9 heteroatoms. The van der Waals surface area contributed by atoms with Crippen LogP contribution in [0.1, 0.15) is 17.2 Å². The van der Waals surface area contributed by atoms with Crippen molar-refractivity contribution in [1.29, 1.82) is 0 Å². The normalized spacial score (nSPS) is 17.6. The van der Waals surface area contributed by atoms with Crippen LogP contribution < -0.4 is 9.64 Å². The first-order valence-electron chi connectivity index (χ1n) is 9.89. The lowest BCUT2D eigenvalue weighted by Crippen LogP contribution is -2.29. The number of carbonyl (C=O) groups is 2. The maximum Gasteiger partial charge on any atom is 0.301 e. The van der Waals surface area contributed by atoms with Crippen molar-refractivity contribution in [2.45, 2.75) is 6.04 Å². The quantitative estimate of drug-likeness (QED) is 0.274. The molecule has 0 radical (unpaired) electrons. The third-order valence-corrected chi connectivity index (χ3v) is 6.39. The Kier molecular flexibility index (Phi) is 5.10. The third kappa shape index (κ3) is 3.52. The second kappa shape index (κ2) is 8.10. The molecule has 1 amide bonds. The summed E-state index contributed by atoms with van der Waals surface area (Å²) >= 11 is 1.09. The average molecular weight is 461 g/mol. The fraction of sp³-hybridized carbons (Fsp3) is 0.0833. The molecule has 7 nitrogen and oxygen atoms in total. The van der Waals surface area contributed by atoms with Gasteiger partial charge in [-0.2, -0.15) is 0 Å². The highest BCUT2D eigenvalue weighted by molar-refractivity contribution is 7.22. The summed E-state index contributed by atoms with van der Waals surface area (Å²) in [5, 5.41) is 11.3. The Morgan fingerprint density at radius 3 is 2.52 bits per heavy atom. The molecule has 1 aliphatic rings. The summed E-state index contributed by atoms with van der Waals surface area (Å²) in [5.74, 6) is -1.82. The van der Waals surface area contributed by atoms with E-state index in [1.807, 2.05) is 0 Å². The Morgan fingerprint density at radius 2 is 1.82 bits per heavy atom. The number of ketones is 1. The van der Waals surface area contributed by atoms with Crippen molar-refractivity contribution in [3.63, 3.8) is 0 Å². The van der Waals surface area contributed by atoms with Gasteiger partial charge in [-0.1, -0.05) is 11.3 Å². The first kappa shape index (κ1) is 20.8. The summed E-state index contributed by atoms with van der Waals surface area (Å²) in [6.45, 7) is 0. The van der Waals surface area contributed by atoms with Crippen LogP contribution >= 0.6 is 11.3 Å². The summed E-state index contributed by atoms with van der Waals surface area (Å²) in [7, 11) is 1.52. The molecule has 164 valence electrons.